The molecule has 2 atom stereocenters. The van der Waals surface area contributed by atoms with Gasteiger partial charge in [0.2, 0.25) is 5.91 Å². The van der Waals surface area contributed by atoms with Crippen LogP contribution in [0.25, 0.3) is 0 Å². The van der Waals surface area contributed by atoms with E-state index in [-0.39, 0.29) is 5.91 Å². The molecule has 1 amide bonds. The van der Waals surface area contributed by atoms with Crippen LogP contribution in [-0.2, 0) is 11.2 Å². The fraction of sp³-hybridized carbons (Fsp3) is 0.476. The van der Waals surface area contributed by atoms with Crippen LogP contribution in [0.4, 0.5) is 5.82 Å². The van der Waals surface area contributed by atoms with Crippen molar-refractivity contribution >= 4 is 35.1 Å². The third kappa shape index (κ3) is 6.38. The van der Waals surface area contributed by atoms with E-state index in [1.54, 1.807) is 6.20 Å². The number of halogens is 1. The number of anilines is 1. The highest BCUT2D eigenvalue weighted by Gasteiger charge is 2.23. The summed E-state index contributed by atoms with van der Waals surface area (Å²) in [4.78, 5) is 23.4. The van der Waals surface area contributed by atoms with Crippen molar-refractivity contribution in [1.82, 2.24) is 15.3 Å². The van der Waals surface area contributed by atoms with Crippen molar-refractivity contribution in [3.05, 3.63) is 47.1 Å². The fourth-order valence-electron chi connectivity index (χ4n) is 3.61. The van der Waals surface area contributed by atoms with Crippen LogP contribution in [0.3, 0.4) is 0 Å². The topological polar surface area (TPSA) is 58.1 Å². The summed E-state index contributed by atoms with van der Waals surface area (Å²) in [5.41, 5.74) is 1.15. The third-order valence-corrected chi connectivity index (χ3v) is 5.91. The molecule has 1 N–H and O–H groups in total. The number of carbonyl (C=O) groups excluding carboxylic acids is 1. The molecule has 1 aliphatic rings. The van der Waals surface area contributed by atoms with E-state index in [1.165, 1.54) is 18.2 Å². The highest BCUT2D eigenvalue weighted by atomic mass is 35.5. The smallest absolute Gasteiger partial charge is 0.230 e. The molecule has 1 aromatic heterocycles. The molecule has 1 aliphatic heterocycles. The molecule has 2 aromatic rings. The van der Waals surface area contributed by atoms with E-state index < -0.39 is 0 Å². The van der Waals surface area contributed by atoms with E-state index in [9.17, 15) is 4.79 Å². The molecule has 3 rings (SSSR count). The second-order valence-electron chi connectivity index (χ2n) is 7.56. The maximum absolute atomic E-state index is 12.1. The minimum Gasteiger partial charge on any atom is -0.356 e. The molecule has 5 nitrogen and oxygen atoms in total. The van der Waals surface area contributed by atoms with Crippen molar-refractivity contribution in [2.45, 2.75) is 31.8 Å². The quantitative estimate of drug-likeness (QED) is 0.542. The summed E-state index contributed by atoms with van der Waals surface area (Å²) in [5, 5.41) is 4.32. The highest BCUT2D eigenvalue weighted by molar-refractivity contribution is 7.99. The molecule has 0 unspecified atom stereocenters. The number of amides is 1. The van der Waals surface area contributed by atoms with Crippen molar-refractivity contribution in [3.63, 3.8) is 0 Å². The number of hydrogen-bond acceptors (Lipinski definition) is 5. The third-order valence-electron chi connectivity index (χ3n) is 4.79. The number of nitrogens with one attached hydrogen (secondary N) is 1. The number of rotatable bonds is 7. The molecule has 1 aromatic carbocycles. The molecule has 0 aliphatic carbocycles. The Kier molecular flexibility index (Phi) is 7.57. The van der Waals surface area contributed by atoms with Gasteiger partial charge in [-0.25, -0.2) is 9.97 Å². The standard InChI is InChI=1S/C21H27ClN4OS/c1-15-11-16(2)13-26(12-15)19-8-10-24-21(25-19)28-14-20(27)23-9-7-17-3-5-18(22)6-4-17/h3-6,8,10,15-16H,7,9,11-14H2,1-2H3,(H,23,27)/t15-,16-/m1/s1. The summed E-state index contributed by atoms with van der Waals surface area (Å²) in [5.74, 6) is 2.60. The number of piperidine rings is 1. The lowest BCUT2D eigenvalue weighted by Gasteiger charge is -2.35. The van der Waals surface area contributed by atoms with Gasteiger partial charge in [-0.1, -0.05) is 49.3 Å². The lowest BCUT2D eigenvalue weighted by Crippen LogP contribution is -2.39. The molecule has 2 heterocycles. The van der Waals surface area contributed by atoms with Crippen molar-refractivity contribution in [2.24, 2.45) is 11.8 Å². The second kappa shape index (κ2) is 10.1. The predicted molar refractivity (Wildman–Crippen MR) is 116 cm³/mol. The molecule has 0 radical (unpaired) electrons. The van der Waals surface area contributed by atoms with Crippen LogP contribution in [0, 0.1) is 11.8 Å². The summed E-state index contributed by atoms with van der Waals surface area (Å²) >= 11 is 7.26. The zero-order chi connectivity index (χ0) is 19.9. The Morgan fingerprint density at radius 2 is 1.93 bits per heavy atom. The van der Waals surface area contributed by atoms with Crippen LogP contribution in [0.15, 0.2) is 41.7 Å². The van der Waals surface area contributed by atoms with Crippen LogP contribution in [0.1, 0.15) is 25.8 Å². The molecular formula is C21H27ClN4OS. The second-order valence-corrected chi connectivity index (χ2v) is 8.94. The first-order chi connectivity index (χ1) is 13.5. The molecule has 0 saturated carbocycles. The normalized spacial score (nSPS) is 19.5. The van der Waals surface area contributed by atoms with Crippen LogP contribution in [-0.4, -0.2) is 41.3 Å². The van der Waals surface area contributed by atoms with Gasteiger partial charge in [-0.15, -0.1) is 0 Å². The van der Waals surface area contributed by atoms with Crippen molar-refractivity contribution < 1.29 is 4.79 Å². The van der Waals surface area contributed by atoms with Gasteiger partial charge in [0.25, 0.3) is 0 Å². The van der Waals surface area contributed by atoms with E-state index in [0.717, 1.165) is 35.9 Å². The summed E-state index contributed by atoms with van der Waals surface area (Å²) in [6, 6.07) is 9.64. The molecule has 150 valence electrons. The van der Waals surface area contributed by atoms with E-state index in [2.05, 4.69) is 34.0 Å². The van der Waals surface area contributed by atoms with Crippen molar-refractivity contribution in [2.75, 3.05) is 30.3 Å². The average molecular weight is 419 g/mol. The van der Waals surface area contributed by atoms with Gasteiger partial charge < -0.3 is 10.2 Å². The van der Waals surface area contributed by atoms with Crippen molar-refractivity contribution in [3.8, 4) is 0 Å². The number of nitrogens with zero attached hydrogens (tertiary/aromatic N) is 3. The Morgan fingerprint density at radius 3 is 2.64 bits per heavy atom. The van der Waals surface area contributed by atoms with Crippen LogP contribution < -0.4 is 10.2 Å². The van der Waals surface area contributed by atoms with Gasteiger partial charge in [0.05, 0.1) is 5.75 Å². The lowest BCUT2D eigenvalue weighted by molar-refractivity contribution is -0.118. The first-order valence-electron chi connectivity index (χ1n) is 9.71. The lowest BCUT2D eigenvalue weighted by atomic mass is 9.92. The Hall–Kier alpha value is -1.79. The van der Waals surface area contributed by atoms with E-state index in [1.807, 2.05) is 30.3 Å². The Morgan fingerprint density at radius 1 is 1.21 bits per heavy atom. The SMILES string of the molecule is C[C@@H]1C[C@@H](C)CN(c2ccnc(SCC(=O)NCCc3ccc(Cl)cc3)n2)C1. The Bertz CT molecular complexity index is 776. The van der Waals surface area contributed by atoms with E-state index in [4.69, 9.17) is 11.6 Å². The summed E-state index contributed by atoms with van der Waals surface area (Å²) in [7, 11) is 0. The Balaban J connectivity index is 1.45. The molecule has 1 saturated heterocycles. The first-order valence-corrected chi connectivity index (χ1v) is 11.1. The Labute approximate surface area is 176 Å². The molecule has 28 heavy (non-hydrogen) atoms. The number of carbonyl (C=O) groups is 1. The van der Waals surface area contributed by atoms with Gasteiger partial charge in [0, 0.05) is 30.9 Å². The van der Waals surface area contributed by atoms with Gasteiger partial charge >= 0.3 is 0 Å². The zero-order valence-corrected chi connectivity index (χ0v) is 18.0. The first kappa shape index (κ1) is 20.9. The van der Waals surface area contributed by atoms with Gasteiger partial charge in [-0.3, -0.25) is 4.79 Å². The predicted octanol–water partition coefficient (Wildman–Crippen LogP) is 4.06. The van der Waals surface area contributed by atoms with Crippen molar-refractivity contribution in [1.29, 1.82) is 0 Å². The number of aromatic nitrogens is 2. The largest absolute Gasteiger partial charge is 0.356 e. The highest BCUT2D eigenvalue weighted by Crippen LogP contribution is 2.26. The van der Waals surface area contributed by atoms with Crippen LogP contribution >= 0.6 is 23.4 Å². The van der Waals surface area contributed by atoms with E-state index in [0.29, 0.717) is 29.3 Å². The van der Waals surface area contributed by atoms with Crippen LogP contribution in [0.2, 0.25) is 5.02 Å². The minimum absolute atomic E-state index is 0.00631. The summed E-state index contributed by atoms with van der Waals surface area (Å²) < 4.78 is 0. The maximum Gasteiger partial charge on any atom is 0.230 e. The fourth-order valence-corrected chi connectivity index (χ4v) is 4.39. The molecule has 7 heteroatoms. The number of thioether (sulfide) groups is 1. The molecule has 0 spiro atoms. The van der Waals surface area contributed by atoms with Gasteiger partial charge in [-0.2, -0.15) is 0 Å². The average Bonchev–Trinajstić information content (AvgIpc) is 2.67. The number of benzene rings is 1. The molecule has 0 bridgehead atoms. The number of hydrogen-bond donors (Lipinski definition) is 1. The molecular weight excluding hydrogens is 392 g/mol. The van der Waals surface area contributed by atoms with Crippen LogP contribution in [0.5, 0.6) is 0 Å². The van der Waals surface area contributed by atoms with E-state index >= 15 is 0 Å². The summed E-state index contributed by atoms with van der Waals surface area (Å²) in [6.45, 7) is 7.22. The minimum atomic E-state index is -0.00631. The zero-order valence-electron chi connectivity index (χ0n) is 16.4. The van der Waals surface area contributed by atoms with Gasteiger partial charge in [0.1, 0.15) is 5.82 Å². The molecule has 1 fully saturated rings. The monoisotopic (exact) mass is 418 g/mol. The van der Waals surface area contributed by atoms with Gasteiger partial charge in [0.15, 0.2) is 5.16 Å². The summed E-state index contributed by atoms with van der Waals surface area (Å²) in [6.07, 6.45) is 3.83. The van der Waals surface area contributed by atoms with Gasteiger partial charge in [-0.05, 0) is 48.4 Å². The maximum atomic E-state index is 12.1.